The lowest BCUT2D eigenvalue weighted by atomic mass is 9.95. The van der Waals surface area contributed by atoms with E-state index in [-0.39, 0.29) is 19.1 Å². The lowest BCUT2D eigenvalue weighted by molar-refractivity contribution is -0.216. The number of benzene rings is 1. The van der Waals surface area contributed by atoms with Crippen molar-refractivity contribution in [1.82, 2.24) is 5.32 Å². The molecule has 1 aliphatic rings. The second kappa shape index (κ2) is 9.15. The first-order chi connectivity index (χ1) is 13.5. The molecule has 1 N–H and O–H groups in total. The first-order valence-corrected chi connectivity index (χ1v) is 9.65. The van der Waals surface area contributed by atoms with Gasteiger partial charge in [-0.1, -0.05) is 30.3 Å². The van der Waals surface area contributed by atoms with Crippen molar-refractivity contribution in [2.45, 2.75) is 64.3 Å². The summed E-state index contributed by atoms with van der Waals surface area (Å²) in [5, 5.41) is 3.08. The maximum absolute atomic E-state index is 13.2. The number of carbonyl (C=O) groups excluding carboxylic acids is 1. The van der Waals surface area contributed by atoms with E-state index in [1.807, 2.05) is 51.1 Å². The normalized spacial score (nSPS) is 22.2. The van der Waals surface area contributed by atoms with E-state index in [0.29, 0.717) is 6.61 Å². The van der Waals surface area contributed by atoms with Gasteiger partial charge in [-0.15, -0.1) is 0 Å². The molecule has 0 saturated carbocycles. The van der Waals surface area contributed by atoms with Crippen LogP contribution in [0.15, 0.2) is 42.8 Å². The Kier molecular flexibility index (Phi) is 7.32. The SMILES string of the molecule is C=C(N[C@@]1(C(=O)OC(C)(C)OC)COC[C@H]1OCc1ccccc1)OC(C)(C)C. The number of rotatable bonds is 9. The molecule has 0 aromatic heterocycles. The molecule has 1 aromatic carbocycles. The first-order valence-electron chi connectivity index (χ1n) is 9.65. The number of hydrogen-bond donors (Lipinski definition) is 1. The molecule has 29 heavy (non-hydrogen) atoms. The van der Waals surface area contributed by atoms with Crippen molar-refractivity contribution in [2.24, 2.45) is 0 Å². The van der Waals surface area contributed by atoms with E-state index < -0.39 is 29.0 Å². The third kappa shape index (κ3) is 6.45. The molecule has 2 rings (SSSR count). The highest BCUT2D eigenvalue weighted by atomic mass is 16.7. The molecule has 0 spiro atoms. The predicted molar refractivity (Wildman–Crippen MR) is 109 cm³/mol. The Morgan fingerprint density at radius 3 is 2.45 bits per heavy atom. The van der Waals surface area contributed by atoms with Crippen molar-refractivity contribution in [3.63, 3.8) is 0 Å². The second-order valence-corrected chi connectivity index (χ2v) is 8.53. The van der Waals surface area contributed by atoms with Gasteiger partial charge in [0.1, 0.15) is 11.7 Å². The summed E-state index contributed by atoms with van der Waals surface area (Å²) in [6.45, 7) is 13.5. The van der Waals surface area contributed by atoms with Crippen molar-refractivity contribution < 1.29 is 28.5 Å². The minimum absolute atomic E-state index is 0.0532. The van der Waals surface area contributed by atoms with Crippen molar-refractivity contribution >= 4 is 5.97 Å². The topological polar surface area (TPSA) is 75.3 Å². The Balaban J connectivity index is 2.24. The van der Waals surface area contributed by atoms with Crippen molar-refractivity contribution in [2.75, 3.05) is 20.3 Å². The Bertz CT molecular complexity index is 697. The van der Waals surface area contributed by atoms with Crippen molar-refractivity contribution in [3.05, 3.63) is 48.4 Å². The summed E-state index contributed by atoms with van der Waals surface area (Å²) in [7, 11) is 1.48. The smallest absolute Gasteiger partial charge is 0.339 e. The fraction of sp³-hybridized carbons (Fsp3) is 0.591. The molecule has 0 radical (unpaired) electrons. The number of esters is 1. The Morgan fingerprint density at radius 2 is 1.86 bits per heavy atom. The largest absolute Gasteiger partial charge is 0.474 e. The molecule has 7 heteroatoms. The second-order valence-electron chi connectivity index (χ2n) is 8.53. The zero-order valence-electron chi connectivity index (χ0n) is 18.2. The predicted octanol–water partition coefficient (Wildman–Crippen LogP) is 3.14. The number of ether oxygens (including phenoxy) is 5. The van der Waals surface area contributed by atoms with Crippen LogP contribution >= 0.6 is 0 Å². The minimum Gasteiger partial charge on any atom is -0.474 e. The van der Waals surface area contributed by atoms with Gasteiger partial charge in [0.25, 0.3) is 0 Å². The fourth-order valence-electron chi connectivity index (χ4n) is 2.88. The highest BCUT2D eigenvalue weighted by Gasteiger charge is 2.54. The molecule has 0 amide bonds. The van der Waals surface area contributed by atoms with E-state index in [9.17, 15) is 4.79 Å². The van der Waals surface area contributed by atoms with Gasteiger partial charge in [0.15, 0.2) is 11.4 Å². The van der Waals surface area contributed by atoms with Crippen LogP contribution in [0.3, 0.4) is 0 Å². The average molecular weight is 408 g/mol. The van der Waals surface area contributed by atoms with Crippen LogP contribution in [0.25, 0.3) is 0 Å². The first kappa shape index (κ1) is 23.2. The van der Waals surface area contributed by atoms with E-state index in [1.165, 1.54) is 7.11 Å². The van der Waals surface area contributed by atoms with E-state index in [1.54, 1.807) is 13.8 Å². The van der Waals surface area contributed by atoms with Gasteiger partial charge in [-0.05, 0) is 32.9 Å². The lowest BCUT2D eigenvalue weighted by Gasteiger charge is -2.37. The molecule has 0 bridgehead atoms. The summed E-state index contributed by atoms with van der Waals surface area (Å²) in [5.41, 5.74) is -0.808. The van der Waals surface area contributed by atoms with Crippen LogP contribution in [0.1, 0.15) is 40.2 Å². The zero-order valence-corrected chi connectivity index (χ0v) is 18.2. The van der Waals surface area contributed by atoms with Gasteiger partial charge in [0.2, 0.25) is 5.79 Å². The van der Waals surface area contributed by atoms with E-state index in [0.717, 1.165) is 5.56 Å². The maximum Gasteiger partial charge on any atom is 0.339 e. The number of nitrogens with one attached hydrogen (secondary N) is 1. The molecule has 7 nitrogen and oxygen atoms in total. The van der Waals surface area contributed by atoms with Crippen LogP contribution in [0.5, 0.6) is 0 Å². The standard InChI is InChI=1S/C22H33NO6/c1-16(28-20(2,3)4)23-22(19(24)29-21(5,6)25-7)15-26-14-18(22)27-13-17-11-9-8-10-12-17/h8-12,18,23H,1,13-15H2,2-7H3/t18-,22+/m1/s1. The average Bonchev–Trinajstić information content (AvgIpc) is 3.02. The summed E-state index contributed by atoms with van der Waals surface area (Å²) in [6, 6.07) is 9.72. The Labute approximate surface area is 173 Å². The molecule has 0 aliphatic carbocycles. The number of carbonyl (C=O) groups is 1. The summed E-state index contributed by atoms with van der Waals surface area (Å²) in [4.78, 5) is 13.2. The maximum atomic E-state index is 13.2. The zero-order chi connectivity index (χ0) is 21.7. The number of methoxy groups -OCH3 is 1. The molecule has 2 atom stereocenters. The summed E-state index contributed by atoms with van der Waals surface area (Å²) >= 11 is 0. The monoisotopic (exact) mass is 407 g/mol. The molecule has 1 heterocycles. The van der Waals surface area contributed by atoms with E-state index >= 15 is 0 Å². The molecule has 162 valence electrons. The van der Waals surface area contributed by atoms with E-state index in [2.05, 4.69) is 11.9 Å². The molecular weight excluding hydrogens is 374 g/mol. The van der Waals surface area contributed by atoms with Crippen LogP contribution in [0.2, 0.25) is 0 Å². The summed E-state index contributed by atoms with van der Waals surface area (Å²) in [6.07, 6.45) is -0.608. The van der Waals surface area contributed by atoms with Gasteiger partial charge in [-0.2, -0.15) is 0 Å². The van der Waals surface area contributed by atoms with Crippen LogP contribution in [-0.2, 0) is 35.1 Å². The minimum atomic E-state index is -1.31. The number of hydrogen-bond acceptors (Lipinski definition) is 7. The van der Waals surface area contributed by atoms with Gasteiger partial charge < -0.3 is 29.0 Å². The van der Waals surface area contributed by atoms with Crippen molar-refractivity contribution in [1.29, 1.82) is 0 Å². The third-order valence-electron chi connectivity index (χ3n) is 4.43. The Hall–Kier alpha value is -2.09. The van der Waals surface area contributed by atoms with E-state index in [4.69, 9.17) is 23.7 Å². The van der Waals surface area contributed by atoms with Crippen molar-refractivity contribution in [3.8, 4) is 0 Å². The fourth-order valence-corrected chi connectivity index (χ4v) is 2.88. The highest BCUT2D eigenvalue weighted by molar-refractivity contribution is 5.83. The lowest BCUT2D eigenvalue weighted by Crippen LogP contribution is -2.62. The Morgan fingerprint density at radius 1 is 1.21 bits per heavy atom. The van der Waals surface area contributed by atoms with Gasteiger partial charge in [0.05, 0.1) is 19.8 Å². The molecule has 0 unspecified atom stereocenters. The quantitative estimate of drug-likeness (QED) is 0.383. The molecule has 1 aliphatic heterocycles. The molecule has 1 aromatic rings. The van der Waals surface area contributed by atoms with Gasteiger partial charge in [-0.25, -0.2) is 4.79 Å². The van der Waals surface area contributed by atoms with Crippen LogP contribution in [0.4, 0.5) is 0 Å². The van der Waals surface area contributed by atoms with Crippen LogP contribution in [-0.4, -0.2) is 49.3 Å². The van der Waals surface area contributed by atoms with Crippen LogP contribution < -0.4 is 5.32 Å². The molecule has 1 fully saturated rings. The third-order valence-corrected chi connectivity index (χ3v) is 4.43. The molecular formula is C22H33NO6. The van der Waals surface area contributed by atoms with Gasteiger partial charge in [-0.3, -0.25) is 0 Å². The van der Waals surface area contributed by atoms with Gasteiger partial charge >= 0.3 is 5.97 Å². The van der Waals surface area contributed by atoms with Crippen LogP contribution in [0, 0.1) is 0 Å². The summed E-state index contributed by atoms with van der Waals surface area (Å²) in [5.74, 6) is -1.42. The highest BCUT2D eigenvalue weighted by Crippen LogP contribution is 2.29. The van der Waals surface area contributed by atoms with Gasteiger partial charge in [0, 0.05) is 21.0 Å². The summed E-state index contributed by atoms with van der Waals surface area (Å²) < 4.78 is 28.4. The molecule has 1 saturated heterocycles.